The predicted molar refractivity (Wildman–Crippen MR) is 59.7 cm³/mol. The van der Waals surface area contributed by atoms with Gasteiger partial charge in [-0.2, -0.15) is 0 Å². The third-order valence-corrected chi connectivity index (χ3v) is 2.03. The number of benzene rings is 1. The van der Waals surface area contributed by atoms with E-state index in [9.17, 15) is 9.59 Å². The number of aldehydes is 1. The van der Waals surface area contributed by atoms with Gasteiger partial charge in [-0.1, -0.05) is 17.7 Å². The summed E-state index contributed by atoms with van der Waals surface area (Å²) in [4.78, 5) is 20.4. The van der Waals surface area contributed by atoms with Crippen LogP contribution in [0.1, 0.15) is 5.56 Å². The predicted octanol–water partition coefficient (Wildman–Crippen LogP) is 2.02. The molecule has 1 N–H and O–H groups in total. The Kier molecular flexibility index (Phi) is 4.54. The molecule has 0 unspecified atom stereocenters. The van der Waals surface area contributed by atoms with Gasteiger partial charge in [0, 0.05) is 5.02 Å². The SMILES string of the molecule is O=CC=Cc1cc(OCC(=O)O)ccc1Cl. The van der Waals surface area contributed by atoms with Crippen molar-refractivity contribution in [2.45, 2.75) is 0 Å². The fraction of sp³-hybridized carbons (Fsp3) is 0.0909. The molecule has 0 atom stereocenters. The van der Waals surface area contributed by atoms with Crippen LogP contribution in [-0.4, -0.2) is 24.0 Å². The number of hydrogen-bond acceptors (Lipinski definition) is 3. The smallest absolute Gasteiger partial charge is 0.341 e. The zero-order valence-corrected chi connectivity index (χ0v) is 8.98. The van der Waals surface area contributed by atoms with Crippen LogP contribution in [0.3, 0.4) is 0 Å². The molecule has 4 nitrogen and oxygen atoms in total. The molecule has 1 aromatic carbocycles. The summed E-state index contributed by atoms with van der Waals surface area (Å²) >= 11 is 5.86. The highest BCUT2D eigenvalue weighted by molar-refractivity contribution is 6.32. The van der Waals surface area contributed by atoms with Crippen molar-refractivity contribution in [3.05, 3.63) is 34.9 Å². The molecule has 0 fully saturated rings. The number of aliphatic carboxylic acids is 1. The Labute approximate surface area is 97.1 Å². The maximum atomic E-state index is 10.3. The van der Waals surface area contributed by atoms with Gasteiger partial charge in [-0.05, 0) is 29.8 Å². The van der Waals surface area contributed by atoms with Crippen LogP contribution in [0.15, 0.2) is 24.3 Å². The van der Waals surface area contributed by atoms with Crippen LogP contribution in [0.2, 0.25) is 5.02 Å². The van der Waals surface area contributed by atoms with E-state index in [1.54, 1.807) is 18.2 Å². The second-order valence-electron chi connectivity index (χ2n) is 2.86. The van der Waals surface area contributed by atoms with E-state index >= 15 is 0 Å². The van der Waals surface area contributed by atoms with Gasteiger partial charge in [-0.25, -0.2) is 4.79 Å². The van der Waals surface area contributed by atoms with Gasteiger partial charge in [0.1, 0.15) is 12.0 Å². The van der Waals surface area contributed by atoms with E-state index < -0.39 is 12.6 Å². The average molecular weight is 241 g/mol. The van der Waals surface area contributed by atoms with E-state index in [2.05, 4.69) is 0 Å². The summed E-state index contributed by atoms with van der Waals surface area (Å²) in [5.41, 5.74) is 0.594. The zero-order valence-electron chi connectivity index (χ0n) is 8.22. The van der Waals surface area contributed by atoms with Gasteiger partial charge in [0.15, 0.2) is 6.61 Å². The van der Waals surface area contributed by atoms with Crippen LogP contribution in [0.4, 0.5) is 0 Å². The largest absolute Gasteiger partial charge is 0.482 e. The summed E-state index contributed by atoms with van der Waals surface area (Å²) in [6.07, 6.45) is 3.44. The highest BCUT2D eigenvalue weighted by Crippen LogP contribution is 2.23. The number of carboxylic acid groups (broad SMARTS) is 1. The Morgan fingerprint density at radius 2 is 2.25 bits per heavy atom. The molecule has 5 heteroatoms. The third-order valence-electron chi connectivity index (χ3n) is 1.68. The highest BCUT2D eigenvalue weighted by Gasteiger charge is 2.02. The normalized spacial score (nSPS) is 10.3. The number of rotatable bonds is 5. The summed E-state index contributed by atoms with van der Waals surface area (Å²) in [6, 6.07) is 4.69. The number of carbonyl (C=O) groups excluding carboxylic acids is 1. The van der Waals surface area contributed by atoms with E-state index in [1.165, 1.54) is 12.2 Å². The molecule has 0 amide bonds. The van der Waals surface area contributed by atoms with E-state index in [4.69, 9.17) is 21.4 Å². The molecule has 0 saturated carbocycles. The maximum Gasteiger partial charge on any atom is 0.341 e. The van der Waals surface area contributed by atoms with E-state index in [0.29, 0.717) is 22.6 Å². The minimum Gasteiger partial charge on any atom is -0.482 e. The first-order valence-corrected chi connectivity index (χ1v) is 4.77. The van der Waals surface area contributed by atoms with Crippen molar-refractivity contribution in [1.29, 1.82) is 0 Å². The van der Waals surface area contributed by atoms with Crippen LogP contribution >= 0.6 is 11.6 Å². The molecule has 0 aliphatic rings. The molecule has 0 bridgehead atoms. The monoisotopic (exact) mass is 240 g/mol. The minimum atomic E-state index is -1.06. The fourth-order valence-electron chi connectivity index (χ4n) is 1.03. The van der Waals surface area contributed by atoms with Crippen molar-refractivity contribution < 1.29 is 19.4 Å². The van der Waals surface area contributed by atoms with Gasteiger partial charge in [-0.15, -0.1) is 0 Å². The van der Waals surface area contributed by atoms with Gasteiger partial charge in [0.2, 0.25) is 0 Å². The molecule has 0 saturated heterocycles. The van der Waals surface area contributed by atoms with Gasteiger partial charge < -0.3 is 9.84 Å². The number of carboxylic acids is 1. The van der Waals surface area contributed by atoms with E-state index in [0.717, 1.165) is 0 Å². The standard InChI is InChI=1S/C11H9ClO4/c12-10-4-3-9(16-7-11(14)15)6-8(10)2-1-5-13/h1-6H,7H2,(H,14,15). The highest BCUT2D eigenvalue weighted by atomic mass is 35.5. The van der Waals surface area contributed by atoms with Crippen LogP contribution in [0.5, 0.6) is 5.75 Å². The first-order valence-electron chi connectivity index (χ1n) is 4.39. The molecule has 0 aliphatic heterocycles. The molecule has 84 valence electrons. The summed E-state index contributed by atoms with van der Waals surface area (Å²) in [5.74, 6) is -0.669. The lowest BCUT2D eigenvalue weighted by molar-refractivity contribution is -0.139. The third kappa shape index (κ3) is 3.74. The van der Waals surface area contributed by atoms with Gasteiger partial charge in [0.05, 0.1) is 0 Å². The quantitative estimate of drug-likeness (QED) is 0.632. The maximum absolute atomic E-state index is 10.3. The molecule has 1 aromatic rings. The van der Waals surface area contributed by atoms with Crippen molar-refractivity contribution in [3.63, 3.8) is 0 Å². The number of halogens is 1. The van der Waals surface area contributed by atoms with E-state index in [1.807, 2.05) is 0 Å². The number of ether oxygens (including phenoxy) is 1. The molecule has 16 heavy (non-hydrogen) atoms. The van der Waals surface area contributed by atoms with Crippen LogP contribution in [0, 0.1) is 0 Å². The lowest BCUT2D eigenvalue weighted by atomic mass is 10.2. The van der Waals surface area contributed by atoms with Crippen molar-refractivity contribution in [2.24, 2.45) is 0 Å². The summed E-state index contributed by atoms with van der Waals surface area (Å²) in [6.45, 7) is -0.418. The fourth-order valence-corrected chi connectivity index (χ4v) is 1.21. The molecular formula is C11H9ClO4. The second-order valence-corrected chi connectivity index (χ2v) is 3.27. The number of hydrogen-bond donors (Lipinski definition) is 1. The Morgan fingerprint density at radius 1 is 1.50 bits per heavy atom. The molecule has 0 radical (unpaired) electrons. The van der Waals surface area contributed by atoms with Gasteiger partial charge >= 0.3 is 5.97 Å². The Bertz CT molecular complexity index is 426. The van der Waals surface area contributed by atoms with Crippen molar-refractivity contribution in [1.82, 2.24) is 0 Å². The molecule has 1 rings (SSSR count). The van der Waals surface area contributed by atoms with Gasteiger partial charge in [0.25, 0.3) is 0 Å². The van der Waals surface area contributed by atoms with Crippen LogP contribution < -0.4 is 4.74 Å². The molecule has 0 spiro atoms. The van der Waals surface area contributed by atoms with Crippen LogP contribution in [0.25, 0.3) is 6.08 Å². The molecule has 0 aromatic heterocycles. The zero-order chi connectivity index (χ0) is 12.0. The summed E-state index contributed by atoms with van der Waals surface area (Å²) < 4.78 is 4.96. The lowest BCUT2D eigenvalue weighted by Gasteiger charge is -2.05. The Morgan fingerprint density at radius 3 is 2.88 bits per heavy atom. The first kappa shape index (κ1) is 12.3. The first-order chi connectivity index (χ1) is 7.63. The topological polar surface area (TPSA) is 63.6 Å². The lowest BCUT2D eigenvalue weighted by Crippen LogP contribution is -2.09. The van der Waals surface area contributed by atoms with Crippen molar-refractivity contribution in [3.8, 4) is 5.75 Å². The Balaban J connectivity index is 2.84. The average Bonchev–Trinajstić information content (AvgIpc) is 2.26. The molecular weight excluding hydrogens is 232 g/mol. The number of carbonyl (C=O) groups is 2. The van der Waals surface area contributed by atoms with Crippen molar-refractivity contribution >= 4 is 29.9 Å². The minimum absolute atomic E-state index is 0.386. The Hall–Kier alpha value is -1.81. The number of allylic oxidation sites excluding steroid dienone is 1. The summed E-state index contributed by atoms with van der Waals surface area (Å²) in [5, 5.41) is 8.89. The van der Waals surface area contributed by atoms with Crippen LogP contribution in [-0.2, 0) is 9.59 Å². The van der Waals surface area contributed by atoms with Gasteiger partial charge in [-0.3, -0.25) is 4.79 Å². The van der Waals surface area contributed by atoms with E-state index in [-0.39, 0.29) is 0 Å². The molecule has 0 heterocycles. The summed E-state index contributed by atoms with van der Waals surface area (Å²) in [7, 11) is 0. The molecule has 0 aliphatic carbocycles. The second kappa shape index (κ2) is 5.92. The van der Waals surface area contributed by atoms with Crippen molar-refractivity contribution in [2.75, 3.05) is 6.61 Å².